The van der Waals surface area contributed by atoms with Crippen molar-refractivity contribution in [3.05, 3.63) is 69.2 Å². The van der Waals surface area contributed by atoms with E-state index in [-0.39, 0.29) is 11.9 Å². The first kappa shape index (κ1) is 19.2. The van der Waals surface area contributed by atoms with Gasteiger partial charge in [0, 0.05) is 15.8 Å². The van der Waals surface area contributed by atoms with E-state index in [4.69, 9.17) is 23.2 Å². The zero-order chi connectivity index (χ0) is 17.5. The quantitative estimate of drug-likeness (QED) is 0.669. The van der Waals surface area contributed by atoms with Gasteiger partial charge in [0.1, 0.15) is 0 Å². The Hall–Kier alpha value is -1.16. The van der Waals surface area contributed by atoms with Gasteiger partial charge in [-0.05, 0) is 42.2 Å². The molecule has 2 aromatic carbocycles. The molecule has 1 amide bonds. The van der Waals surface area contributed by atoms with Gasteiger partial charge in [0.25, 0.3) is 0 Å². The predicted molar refractivity (Wildman–Crippen MR) is 105 cm³/mol. The second-order valence-corrected chi connectivity index (χ2v) is 7.44. The van der Waals surface area contributed by atoms with Crippen LogP contribution in [0.3, 0.4) is 0 Å². The zero-order valence-electron chi connectivity index (χ0n) is 13.8. The maximum absolute atomic E-state index is 12.1. The van der Waals surface area contributed by atoms with Crippen LogP contribution in [0.1, 0.15) is 36.6 Å². The molecule has 128 valence electrons. The summed E-state index contributed by atoms with van der Waals surface area (Å²) in [5.74, 6) is 1.11. The number of rotatable bonds is 7. The molecule has 5 heteroatoms. The van der Waals surface area contributed by atoms with Crippen molar-refractivity contribution in [2.24, 2.45) is 0 Å². The molecule has 0 saturated carbocycles. The molecule has 1 atom stereocenters. The van der Waals surface area contributed by atoms with Crippen LogP contribution in [0.5, 0.6) is 0 Å². The molecule has 0 bridgehead atoms. The third-order valence-electron chi connectivity index (χ3n) is 3.77. The molecule has 2 aromatic rings. The molecule has 0 heterocycles. The molecular weight excluding hydrogens is 361 g/mol. The highest BCUT2D eigenvalue weighted by Gasteiger charge is 2.10. The summed E-state index contributed by atoms with van der Waals surface area (Å²) in [5.41, 5.74) is 3.40. The molecule has 0 radical (unpaired) electrons. The van der Waals surface area contributed by atoms with Gasteiger partial charge in [-0.15, -0.1) is 11.8 Å². The van der Waals surface area contributed by atoms with Crippen LogP contribution in [0, 0.1) is 0 Å². The molecule has 0 aliphatic carbocycles. The van der Waals surface area contributed by atoms with E-state index in [9.17, 15) is 4.79 Å². The molecule has 24 heavy (non-hydrogen) atoms. The number of nitrogens with one attached hydrogen (secondary N) is 1. The Morgan fingerprint density at radius 1 is 1.17 bits per heavy atom. The van der Waals surface area contributed by atoms with Crippen LogP contribution in [0.2, 0.25) is 10.0 Å². The lowest BCUT2D eigenvalue weighted by molar-refractivity contribution is -0.119. The fourth-order valence-corrected chi connectivity index (χ4v) is 3.70. The molecule has 0 fully saturated rings. The maximum Gasteiger partial charge on any atom is 0.230 e. The summed E-state index contributed by atoms with van der Waals surface area (Å²) in [7, 11) is 0. The fraction of sp³-hybridized carbons (Fsp3) is 0.316. The van der Waals surface area contributed by atoms with E-state index in [1.807, 2.05) is 19.1 Å². The third-order valence-corrected chi connectivity index (χ3v) is 5.34. The maximum atomic E-state index is 12.1. The predicted octanol–water partition coefficient (Wildman–Crippen LogP) is 5.67. The van der Waals surface area contributed by atoms with Gasteiger partial charge in [-0.3, -0.25) is 4.79 Å². The number of carbonyl (C=O) groups is 1. The first-order valence-corrected chi connectivity index (χ1v) is 9.80. The molecule has 0 saturated heterocycles. The topological polar surface area (TPSA) is 29.1 Å². The number of hydrogen-bond acceptors (Lipinski definition) is 2. The largest absolute Gasteiger partial charge is 0.349 e. The van der Waals surface area contributed by atoms with Gasteiger partial charge in [0.15, 0.2) is 0 Å². The highest BCUT2D eigenvalue weighted by molar-refractivity contribution is 7.99. The van der Waals surface area contributed by atoms with E-state index in [0.29, 0.717) is 21.6 Å². The highest BCUT2D eigenvalue weighted by atomic mass is 35.5. The average Bonchev–Trinajstić information content (AvgIpc) is 2.57. The number of amides is 1. The minimum Gasteiger partial charge on any atom is -0.349 e. The van der Waals surface area contributed by atoms with Crippen molar-refractivity contribution >= 4 is 40.9 Å². The van der Waals surface area contributed by atoms with Gasteiger partial charge < -0.3 is 5.32 Å². The second-order valence-electron chi connectivity index (χ2n) is 5.61. The summed E-state index contributed by atoms with van der Waals surface area (Å²) in [6.07, 6.45) is 1.02. The molecule has 2 rings (SSSR count). The minimum atomic E-state index is 0.00289. The zero-order valence-corrected chi connectivity index (χ0v) is 16.1. The van der Waals surface area contributed by atoms with E-state index in [1.165, 1.54) is 17.3 Å². The Kier molecular flexibility index (Phi) is 7.47. The van der Waals surface area contributed by atoms with E-state index in [0.717, 1.165) is 17.5 Å². The molecule has 0 aliphatic rings. The van der Waals surface area contributed by atoms with E-state index >= 15 is 0 Å². The number of benzene rings is 2. The van der Waals surface area contributed by atoms with Crippen molar-refractivity contribution in [1.82, 2.24) is 5.32 Å². The van der Waals surface area contributed by atoms with Crippen molar-refractivity contribution < 1.29 is 4.79 Å². The number of carbonyl (C=O) groups excluding carboxylic acids is 1. The Bertz CT molecular complexity index is 688. The van der Waals surface area contributed by atoms with Crippen molar-refractivity contribution in [3.63, 3.8) is 0 Å². The van der Waals surface area contributed by atoms with Crippen LogP contribution in [-0.2, 0) is 17.0 Å². The average molecular weight is 382 g/mol. The summed E-state index contributed by atoms with van der Waals surface area (Å²) >= 11 is 13.6. The lowest BCUT2D eigenvalue weighted by atomic mass is 10.1. The van der Waals surface area contributed by atoms with Gasteiger partial charge in [-0.1, -0.05) is 60.5 Å². The molecule has 0 unspecified atom stereocenters. The Morgan fingerprint density at radius 3 is 2.50 bits per heavy atom. The third kappa shape index (κ3) is 5.73. The monoisotopic (exact) mass is 381 g/mol. The molecule has 2 nitrogen and oxygen atoms in total. The normalized spacial score (nSPS) is 12.0. The SMILES string of the molecule is CCc1ccc([C@H](C)NC(=O)CSCc2ccc(Cl)cc2Cl)cc1. The number of aryl methyl sites for hydroxylation is 1. The van der Waals surface area contributed by atoms with Crippen LogP contribution >= 0.6 is 35.0 Å². The van der Waals surface area contributed by atoms with Crippen LogP contribution < -0.4 is 5.32 Å². The van der Waals surface area contributed by atoms with Gasteiger partial charge >= 0.3 is 0 Å². The standard InChI is InChI=1S/C19H21Cl2NOS/c1-3-14-4-6-15(7-5-14)13(2)22-19(23)12-24-11-16-8-9-17(20)10-18(16)21/h4-10,13H,3,11-12H2,1-2H3,(H,22,23)/t13-/m0/s1. The van der Waals surface area contributed by atoms with Gasteiger partial charge in [-0.25, -0.2) is 0 Å². The smallest absolute Gasteiger partial charge is 0.230 e. The lowest BCUT2D eigenvalue weighted by Crippen LogP contribution is -2.28. The van der Waals surface area contributed by atoms with Crippen LogP contribution in [0.25, 0.3) is 0 Å². The summed E-state index contributed by atoms with van der Waals surface area (Å²) in [4.78, 5) is 12.1. The van der Waals surface area contributed by atoms with Crippen LogP contribution in [0.4, 0.5) is 0 Å². The van der Waals surface area contributed by atoms with Crippen LogP contribution in [-0.4, -0.2) is 11.7 Å². The van der Waals surface area contributed by atoms with E-state index in [2.05, 4.69) is 36.5 Å². The number of halogens is 2. The van der Waals surface area contributed by atoms with E-state index in [1.54, 1.807) is 6.07 Å². The van der Waals surface area contributed by atoms with Gasteiger partial charge in [0.2, 0.25) is 5.91 Å². The summed E-state index contributed by atoms with van der Waals surface area (Å²) in [5, 5.41) is 4.29. The lowest BCUT2D eigenvalue weighted by Gasteiger charge is -2.15. The Morgan fingerprint density at radius 2 is 1.88 bits per heavy atom. The minimum absolute atomic E-state index is 0.00289. The highest BCUT2D eigenvalue weighted by Crippen LogP contribution is 2.24. The van der Waals surface area contributed by atoms with Crippen molar-refractivity contribution in [2.45, 2.75) is 32.1 Å². The molecular formula is C19H21Cl2NOS. The van der Waals surface area contributed by atoms with Gasteiger partial charge in [-0.2, -0.15) is 0 Å². The van der Waals surface area contributed by atoms with Crippen molar-refractivity contribution in [2.75, 3.05) is 5.75 Å². The summed E-state index contributed by atoms with van der Waals surface area (Å²) in [6, 6.07) is 13.8. The first-order valence-electron chi connectivity index (χ1n) is 7.89. The van der Waals surface area contributed by atoms with Crippen molar-refractivity contribution in [3.8, 4) is 0 Å². The van der Waals surface area contributed by atoms with Crippen LogP contribution in [0.15, 0.2) is 42.5 Å². The van der Waals surface area contributed by atoms with Gasteiger partial charge in [0.05, 0.1) is 11.8 Å². The Balaban J connectivity index is 1.79. The van der Waals surface area contributed by atoms with E-state index < -0.39 is 0 Å². The molecule has 0 aliphatic heterocycles. The second kappa shape index (κ2) is 9.36. The fourth-order valence-electron chi connectivity index (χ4n) is 2.30. The molecule has 1 N–H and O–H groups in total. The summed E-state index contributed by atoms with van der Waals surface area (Å²) < 4.78 is 0. The molecule has 0 spiro atoms. The number of hydrogen-bond donors (Lipinski definition) is 1. The first-order chi connectivity index (χ1) is 11.5. The Labute approximate surface area is 157 Å². The van der Waals surface area contributed by atoms with Crippen molar-refractivity contribution in [1.29, 1.82) is 0 Å². The molecule has 0 aromatic heterocycles. The summed E-state index contributed by atoms with van der Waals surface area (Å²) in [6.45, 7) is 4.13. The number of thioether (sulfide) groups is 1.